The van der Waals surface area contributed by atoms with Crippen LogP contribution in [0.2, 0.25) is 0 Å². The van der Waals surface area contributed by atoms with Crippen molar-refractivity contribution in [2.75, 3.05) is 31.5 Å². The molecule has 3 rings (SSSR count). The van der Waals surface area contributed by atoms with Gasteiger partial charge in [-0.15, -0.1) is 0 Å². The Hall–Kier alpha value is -2.57. The van der Waals surface area contributed by atoms with Gasteiger partial charge in [0.2, 0.25) is 0 Å². The molecule has 147 valence electrons. The van der Waals surface area contributed by atoms with Crippen molar-refractivity contribution in [2.45, 2.75) is 26.2 Å². The molecule has 0 unspecified atom stereocenters. The van der Waals surface area contributed by atoms with E-state index in [1.54, 1.807) is 14.2 Å². The summed E-state index contributed by atoms with van der Waals surface area (Å²) in [6.45, 7) is 6.51. The van der Waals surface area contributed by atoms with E-state index in [0.29, 0.717) is 17.3 Å². The van der Waals surface area contributed by atoms with Gasteiger partial charge in [-0.2, -0.15) is 0 Å². The van der Waals surface area contributed by atoms with Crippen molar-refractivity contribution in [3.8, 4) is 11.5 Å². The number of rotatable bonds is 6. The Morgan fingerprint density at radius 3 is 2.39 bits per heavy atom. The number of carbonyl (C=O) groups excluding carboxylic acids is 1. The normalized spacial score (nSPS) is 11.4. The van der Waals surface area contributed by atoms with E-state index < -0.39 is 0 Å². The summed E-state index contributed by atoms with van der Waals surface area (Å²) in [7, 11) is 5.12. The van der Waals surface area contributed by atoms with E-state index in [-0.39, 0.29) is 19.9 Å². The number of hydrogen-bond donors (Lipinski definition) is 1. The van der Waals surface area contributed by atoms with Crippen molar-refractivity contribution in [3.05, 3.63) is 29.0 Å². The third-order valence-electron chi connectivity index (χ3n) is 4.41. The van der Waals surface area contributed by atoms with E-state index in [1.807, 2.05) is 30.5 Å². The van der Waals surface area contributed by atoms with Crippen LogP contribution in [0.15, 0.2) is 24.5 Å². The van der Waals surface area contributed by atoms with Gasteiger partial charge in [-0.05, 0) is 0 Å². The van der Waals surface area contributed by atoms with Crippen LogP contribution in [0.4, 0.5) is 16.1 Å². The van der Waals surface area contributed by atoms with Crippen LogP contribution < -0.4 is 19.7 Å². The van der Waals surface area contributed by atoms with Crippen LogP contribution in [-0.4, -0.2) is 52.1 Å². The second kappa shape index (κ2) is 7.81. The Morgan fingerprint density at radius 2 is 1.79 bits per heavy atom. The molecule has 1 radical (unpaired) electrons. The van der Waals surface area contributed by atoms with Crippen molar-refractivity contribution >= 4 is 47.9 Å². The van der Waals surface area contributed by atoms with E-state index >= 15 is 0 Å². The summed E-state index contributed by atoms with van der Waals surface area (Å²) < 4.78 is 13.0. The molecule has 1 amide bonds. The van der Waals surface area contributed by atoms with Crippen molar-refractivity contribution in [1.29, 1.82) is 0 Å². The van der Waals surface area contributed by atoms with Crippen molar-refractivity contribution in [1.82, 2.24) is 9.97 Å². The second-order valence-electron chi connectivity index (χ2n) is 7.28. The van der Waals surface area contributed by atoms with Crippen molar-refractivity contribution in [3.63, 3.8) is 0 Å². The van der Waals surface area contributed by atoms with Gasteiger partial charge in [0.15, 0.2) is 0 Å². The number of nitrogens with zero attached hydrogens (tertiary/aromatic N) is 3. The van der Waals surface area contributed by atoms with Gasteiger partial charge < -0.3 is 0 Å². The van der Waals surface area contributed by atoms with Crippen LogP contribution in [0, 0.1) is 0 Å². The summed E-state index contributed by atoms with van der Waals surface area (Å²) in [5.41, 5.74) is 1.67. The third kappa shape index (κ3) is 3.70. The van der Waals surface area contributed by atoms with Crippen LogP contribution >= 0.6 is 0 Å². The number of fused-ring (bicyclic) bond motifs is 1. The van der Waals surface area contributed by atoms with Crippen molar-refractivity contribution in [2.24, 2.45) is 0 Å². The summed E-state index contributed by atoms with van der Waals surface area (Å²) in [5.74, 6) is 1.93. The van der Waals surface area contributed by atoms with Gasteiger partial charge in [0, 0.05) is 0 Å². The summed E-state index contributed by atoms with van der Waals surface area (Å²) >= 11 is 0.0169. The molecule has 0 fully saturated rings. The maximum atomic E-state index is 11.0. The van der Waals surface area contributed by atoms with E-state index in [1.165, 1.54) is 10.8 Å². The summed E-state index contributed by atoms with van der Waals surface area (Å²) in [5, 5.41) is 3.58. The molecule has 2 heterocycles. The molecule has 28 heavy (non-hydrogen) atoms. The topological polar surface area (TPSA) is 76.6 Å². The third-order valence-corrected chi connectivity index (χ3v) is 7.49. The predicted octanol–water partition coefficient (Wildman–Crippen LogP) is 3.25. The molecule has 7 nitrogen and oxygen atoms in total. The quantitative estimate of drug-likeness (QED) is 0.463. The monoisotopic (exact) mass is 447 g/mol. The zero-order valence-corrected chi connectivity index (χ0v) is 18.5. The first-order valence-electron chi connectivity index (χ1n) is 8.68. The SMILES string of the molecule is COc1cc2ncnc(N(C)c3cc(C(C)(C)C)[se]c3N[C]=O)c2cc1OC. The predicted molar refractivity (Wildman–Crippen MR) is 112 cm³/mol. The fraction of sp³-hybridized carbons (Fsp3) is 0.350. The molecule has 0 bridgehead atoms. The van der Waals surface area contributed by atoms with Gasteiger partial charge in [0.1, 0.15) is 0 Å². The summed E-state index contributed by atoms with van der Waals surface area (Å²) in [6.07, 6.45) is 3.34. The minimum absolute atomic E-state index is 0.0166. The zero-order chi connectivity index (χ0) is 20.5. The molecule has 0 saturated carbocycles. The van der Waals surface area contributed by atoms with Gasteiger partial charge in [0.05, 0.1) is 0 Å². The molecule has 0 atom stereocenters. The first-order chi connectivity index (χ1) is 13.3. The van der Waals surface area contributed by atoms with Crippen LogP contribution in [0.25, 0.3) is 10.9 Å². The number of anilines is 3. The summed E-state index contributed by atoms with van der Waals surface area (Å²) in [6, 6.07) is 5.83. The molecule has 0 aliphatic carbocycles. The van der Waals surface area contributed by atoms with Crippen molar-refractivity contribution < 1.29 is 14.3 Å². The molecule has 0 aliphatic rings. The number of benzene rings is 1. The Balaban J connectivity index is 2.17. The van der Waals surface area contributed by atoms with Crippen LogP contribution in [0.5, 0.6) is 11.5 Å². The Labute approximate surface area is 170 Å². The number of hydrogen-bond acceptors (Lipinski definition) is 6. The first kappa shape index (κ1) is 20.2. The van der Waals surface area contributed by atoms with Gasteiger partial charge >= 0.3 is 170 Å². The van der Waals surface area contributed by atoms with E-state index in [4.69, 9.17) is 9.47 Å². The number of aromatic nitrogens is 2. The zero-order valence-electron chi connectivity index (χ0n) is 16.8. The fourth-order valence-corrected chi connectivity index (χ4v) is 5.17. The number of ether oxygens (including phenoxy) is 2. The average molecular weight is 446 g/mol. The first-order valence-corrected chi connectivity index (χ1v) is 10.4. The molecule has 8 heteroatoms. The average Bonchev–Trinajstić information content (AvgIpc) is 3.10. The molecule has 0 aliphatic heterocycles. The van der Waals surface area contributed by atoms with Crippen LogP contribution in [0.3, 0.4) is 0 Å². The molecule has 0 spiro atoms. The molecule has 0 saturated heterocycles. The molecular weight excluding hydrogens is 423 g/mol. The fourth-order valence-electron chi connectivity index (χ4n) is 2.89. The molecular formula is C20H23N4O3Se. The van der Waals surface area contributed by atoms with E-state index in [2.05, 4.69) is 42.1 Å². The summed E-state index contributed by atoms with van der Waals surface area (Å²) in [4.78, 5) is 21.9. The van der Waals surface area contributed by atoms with E-state index in [0.717, 1.165) is 21.2 Å². The van der Waals surface area contributed by atoms with Gasteiger partial charge in [-0.3, -0.25) is 0 Å². The Morgan fingerprint density at radius 1 is 1.11 bits per heavy atom. The molecule has 2 aromatic heterocycles. The van der Waals surface area contributed by atoms with E-state index in [9.17, 15) is 4.79 Å². The standard InChI is InChI=1S/C20H23N4O3Se/c1-20(2,3)17-9-14(19(28-17)23-11-25)24(4)18-12-7-15(26-5)16(27-6)8-13(12)21-10-22-18/h7-10H,1-6H3,(H,23,25). The molecule has 3 aromatic rings. The molecule has 1 aromatic carbocycles. The molecule has 1 N–H and O–H groups in total. The minimum atomic E-state index is 0.0166. The number of amides is 1. The maximum absolute atomic E-state index is 11.0. The Kier molecular flexibility index (Phi) is 5.63. The number of methoxy groups -OCH3 is 2. The van der Waals surface area contributed by atoms with Gasteiger partial charge in [-0.1, -0.05) is 0 Å². The Bertz CT molecular complexity index is 1010. The second-order valence-corrected chi connectivity index (χ2v) is 9.49. The van der Waals surface area contributed by atoms with Gasteiger partial charge in [0.25, 0.3) is 0 Å². The van der Waals surface area contributed by atoms with Crippen LogP contribution in [-0.2, 0) is 10.2 Å². The van der Waals surface area contributed by atoms with Gasteiger partial charge in [-0.25, -0.2) is 0 Å². The number of nitrogens with one attached hydrogen (secondary N) is 1. The van der Waals surface area contributed by atoms with Crippen LogP contribution in [0.1, 0.15) is 25.2 Å².